The van der Waals surface area contributed by atoms with Gasteiger partial charge in [0.15, 0.2) is 5.96 Å². The monoisotopic (exact) mass is 411 g/mol. The zero-order chi connectivity index (χ0) is 21.3. The van der Waals surface area contributed by atoms with Crippen molar-refractivity contribution < 1.29 is 9.47 Å². The molecule has 7 heteroatoms. The van der Waals surface area contributed by atoms with Gasteiger partial charge >= 0.3 is 0 Å². The van der Waals surface area contributed by atoms with Gasteiger partial charge in [0, 0.05) is 64.8 Å². The fraction of sp³-hybridized carbons (Fsp3) is 0.478. The maximum absolute atomic E-state index is 5.51. The first-order chi connectivity index (χ1) is 14.6. The van der Waals surface area contributed by atoms with Crippen LogP contribution in [0.15, 0.2) is 41.5 Å². The molecule has 2 aromatic rings. The number of methoxy groups -OCH3 is 1. The van der Waals surface area contributed by atoms with Crippen molar-refractivity contribution in [3.8, 4) is 5.88 Å². The third kappa shape index (κ3) is 5.63. The molecule has 7 nitrogen and oxygen atoms in total. The smallest absolute Gasteiger partial charge is 0.213 e. The number of anilines is 1. The van der Waals surface area contributed by atoms with Gasteiger partial charge in [0.2, 0.25) is 5.88 Å². The summed E-state index contributed by atoms with van der Waals surface area (Å²) in [7, 11) is 3.49. The summed E-state index contributed by atoms with van der Waals surface area (Å²) in [6, 6.07) is 10.5. The van der Waals surface area contributed by atoms with Gasteiger partial charge in [0.1, 0.15) is 6.61 Å². The molecule has 1 fully saturated rings. The Kier molecular flexibility index (Phi) is 7.90. The molecule has 0 unspecified atom stereocenters. The van der Waals surface area contributed by atoms with Crippen LogP contribution in [-0.4, -0.2) is 69.4 Å². The van der Waals surface area contributed by atoms with E-state index in [0.29, 0.717) is 25.6 Å². The molecule has 0 saturated carbocycles. The second-order valence-electron chi connectivity index (χ2n) is 7.44. The van der Waals surface area contributed by atoms with Gasteiger partial charge in [-0.3, -0.25) is 4.99 Å². The van der Waals surface area contributed by atoms with Crippen molar-refractivity contribution in [2.45, 2.75) is 20.4 Å². The van der Waals surface area contributed by atoms with Gasteiger partial charge in [-0.2, -0.15) is 0 Å². The number of aromatic nitrogens is 1. The molecule has 0 spiro atoms. The second-order valence-corrected chi connectivity index (χ2v) is 7.44. The maximum atomic E-state index is 5.51. The van der Waals surface area contributed by atoms with E-state index in [9.17, 15) is 0 Å². The summed E-state index contributed by atoms with van der Waals surface area (Å²) in [5.41, 5.74) is 5.15. The normalized spacial score (nSPS) is 14.7. The average molecular weight is 412 g/mol. The summed E-state index contributed by atoms with van der Waals surface area (Å²) >= 11 is 0. The number of rotatable bonds is 7. The van der Waals surface area contributed by atoms with E-state index in [1.165, 1.54) is 16.8 Å². The Morgan fingerprint density at radius 2 is 1.90 bits per heavy atom. The minimum atomic E-state index is 0.502. The van der Waals surface area contributed by atoms with Crippen LogP contribution >= 0.6 is 0 Å². The van der Waals surface area contributed by atoms with Gasteiger partial charge in [-0.15, -0.1) is 0 Å². The SMILES string of the molecule is CN=C(NCc1ccc(OCCOC)nc1)N1CCN(c2cccc(C)c2C)CC1. The lowest BCUT2D eigenvalue weighted by molar-refractivity contribution is 0.143. The molecule has 0 atom stereocenters. The van der Waals surface area contributed by atoms with Gasteiger partial charge in [-0.05, 0) is 36.6 Å². The van der Waals surface area contributed by atoms with E-state index in [0.717, 1.165) is 37.7 Å². The molecule has 1 N–H and O–H groups in total. The van der Waals surface area contributed by atoms with E-state index in [4.69, 9.17) is 9.47 Å². The molecule has 0 radical (unpaired) electrons. The number of aryl methyl sites for hydroxylation is 1. The van der Waals surface area contributed by atoms with Gasteiger partial charge in [-0.1, -0.05) is 18.2 Å². The standard InChI is InChI=1S/C23H33N5O2/c1-18-6-5-7-21(19(18)2)27-10-12-28(13-11-27)23(24-3)26-17-20-8-9-22(25-16-20)30-15-14-29-4/h5-9,16H,10-15,17H2,1-4H3,(H,24,26). The van der Waals surface area contributed by atoms with Crippen molar-refractivity contribution >= 4 is 11.6 Å². The minimum absolute atomic E-state index is 0.502. The maximum Gasteiger partial charge on any atom is 0.213 e. The fourth-order valence-corrected chi connectivity index (χ4v) is 3.58. The highest BCUT2D eigenvalue weighted by Crippen LogP contribution is 2.23. The van der Waals surface area contributed by atoms with Crippen LogP contribution in [0.3, 0.4) is 0 Å². The highest BCUT2D eigenvalue weighted by molar-refractivity contribution is 5.80. The van der Waals surface area contributed by atoms with Crippen molar-refractivity contribution in [3.63, 3.8) is 0 Å². The van der Waals surface area contributed by atoms with Gasteiger partial charge in [0.25, 0.3) is 0 Å². The van der Waals surface area contributed by atoms with E-state index in [1.54, 1.807) is 7.11 Å². The van der Waals surface area contributed by atoms with Crippen LogP contribution in [0.2, 0.25) is 0 Å². The van der Waals surface area contributed by atoms with E-state index in [2.05, 4.69) is 57.1 Å². The Bertz CT molecular complexity index is 830. The molecule has 3 rings (SSSR count). The highest BCUT2D eigenvalue weighted by atomic mass is 16.5. The van der Waals surface area contributed by atoms with Crippen molar-refractivity contribution in [3.05, 3.63) is 53.2 Å². The average Bonchev–Trinajstić information content (AvgIpc) is 2.78. The fourth-order valence-electron chi connectivity index (χ4n) is 3.58. The molecule has 1 aromatic carbocycles. The molecular formula is C23H33N5O2. The quantitative estimate of drug-likeness (QED) is 0.429. The van der Waals surface area contributed by atoms with E-state index in [1.807, 2.05) is 25.4 Å². The predicted octanol–water partition coefficient (Wildman–Crippen LogP) is 2.62. The number of benzene rings is 1. The van der Waals surface area contributed by atoms with Crippen molar-refractivity contribution in [1.82, 2.24) is 15.2 Å². The first kappa shape index (κ1) is 21.9. The Hall–Kier alpha value is -2.80. The third-order valence-electron chi connectivity index (χ3n) is 5.49. The molecule has 162 valence electrons. The molecule has 1 aliphatic heterocycles. The Balaban J connectivity index is 1.49. The van der Waals surface area contributed by atoms with Crippen LogP contribution in [-0.2, 0) is 11.3 Å². The summed E-state index contributed by atoms with van der Waals surface area (Å²) in [6.07, 6.45) is 1.83. The number of pyridine rings is 1. The van der Waals surface area contributed by atoms with Crippen LogP contribution in [0.4, 0.5) is 5.69 Å². The number of nitrogens with one attached hydrogen (secondary N) is 1. The van der Waals surface area contributed by atoms with Crippen LogP contribution in [0.1, 0.15) is 16.7 Å². The number of piperazine rings is 1. The Morgan fingerprint density at radius 3 is 2.57 bits per heavy atom. The summed E-state index contributed by atoms with van der Waals surface area (Å²) in [4.78, 5) is 13.6. The molecule has 0 aliphatic carbocycles. The van der Waals surface area contributed by atoms with Crippen molar-refractivity contribution in [2.24, 2.45) is 4.99 Å². The topological polar surface area (TPSA) is 62.2 Å². The van der Waals surface area contributed by atoms with Crippen LogP contribution < -0.4 is 15.0 Å². The van der Waals surface area contributed by atoms with Crippen LogP contribution in [0.5, 0.6) is 5.88 Å². The molecule has 1 aliphatic rings. The Labute approximate surface area is 179 Å². The van der Waals surface area contributed by atoms with Crippen molar-refractivity contribution in [2.75, 3.05) is 58.5 Å². The van der Waals surface area contributed by atoms with Crippen LogP contribution in [0, 0.1) is 13.8 Å². The number of nitrogens with zero attached hydrogens (tertiary/aromatic N) is 4. The number of aliphatic imine (C=N–C) groups is 1. The molecular weight excluding hydrogens is 378 g/mol. The predicted molar refractivity (Wildman–Crippen MR) is 122 cm³/mol. The van der Waals surface area contributed by atoms with Crippen molar-refractivity contribution in [1.29, 1.82) is 0 Å². The first-order valence-corrected chi connectivity index (χ1v) is 10.5. The second kappa shape index (κ2) is 10.8. The summed E-state index contributed by atoms with van der Waals surface area (Å²) in [5.74, 6) is 1.54. The molecule has 2 heterocycles. The third-order valence-corrected chi connectivity index (χ3v) is 5.49. The van der Waals surface area contributed by atoms with E-state index < -0.39 is 0 Å². The molecule has 30 heavy (non-hydrogen) atoms. The summed E-state index contributed by atoms with van der Waals surface area (Å²) in [6.45, 7) is 9.97. The largest absolute Gasteiger partial charge is 0.475 e. The highest BCUT2D eigenvalue weighted by Gasteiger charge is 2.21. The van der Waals surface area contributed by atoms with Gasteiger partial charge in [-0.25, -0.2) is 4.98 Å². The summed E-state index contributed by atoms with van der Waals surface area (Å²) in [5, 5.41) is 3.46. The lowest BCUT2D eigenvalue weighted by Crippen LogP contribution is -2.52. The number of hydrogen-bond acceptors (Lipinski definition) is 5. The molecule has 0 amide bonds. The number of hydrogen-bond donors (Lipinski definition) is 1. The minimum Gasteiger partial charge on any atom is -0.475 e. The zero-order valence-electron chi connectivity index (χ0n) is 18.5. The molecule has 0 bridgehead atoms. The van der Waals surface area contributed by atoms with Gasteiger partial charge in [0.05, 0.1) is 6.61 Å². The zero-order valence-corrected chi connectivity index (χ0v) is 18.5. The first-order valence-electron chi connectivity index (χ1n) is 10.5. The molecule has 1 saturated heterocycles. The van der Waals surface area contributed by atoms with E-state index >= 15 is 0 Å². The van der Waals surface area contributed by atoms with E-state index in [-0.39, 0.29) is 0 Å². The lowest BCUT2D eigenvalue weighted by Gasteiger charge is -2.38. The summed E-state index contributed by atoms with van der Waals surface area (Å²) < 4.78 is 10.5. The number of guanidine groups is 1. The Morgan fingerprint density at radius 1 is 1.10 bits per heavy atom. The molecule has 1 aromatic heterocycles. The lowest BCUT2D eigenvalue weighted by atomic mass is 10.1. The van der Waals surface area contributed by atoms with Crippen LogP contribution in [0.25, 0.3) is 0 Å². The number of ether oxygens (including phenoxy) is 2. The van der Waals surface area contributed by atoms with Gasteiger partial charge < -0.3 is 24.6 Å².